The third-order valence-corrected chi connectivity index (χ3v) is 5.39. The quantitative estimate of drug-likeness (QED) is 0.558. The standard InChI is InChI=1S/C23H21N3O3S/c1-29-19-11-7-16(8-12-19)20-14-30-23(25-20)26-21(27)13-4-15-2-5-17(6-3-15)22(28)24-18-9-10-18/h2-8,11-14,18H,9-10H2,1H3,(H,24,28)(H,25,26,27)/b13-4+. The second-order valence-corrected chi connectivity index (χ2v) is 7.82. The number of aromatic nitrogens is 1. The number of ether oxygens (including phenoxy) is 1. The molecule has 0 bridgehead atoms. The van der Waals surface area contributed by atoms with Crippen LogP contribution in [-0.4, -0.2) is 29.9 Å². The molecular weight excluding hydrogens is 398 g/mol. The van der Waals surface area contributed by atoms with E-state index in [1.807, 2.05) is 41.8 Å². The molecule has 30 heavy (non-hydrogen) atoms. The summed E-state index contributed by atoms with van der Waals surface area (Å²) in [5.74, 6) is 0.465. The van der Waals surface area contributed by atoms with Crippen molar-refractivity contribution < 1.29 is 14.3 Å². The number of nitrogens with zero attached hydrogens (tertiary/aromatic N) is 1. The molecule has 0 aliphatic heterocycles. The Morgan fingerprint density at radius 3 is 2.50 bits per heavy atom. The van der Waals surface area contributed by atoms with Crippen molar-refractivity contribution in [2.24, 2.45) is 0 Å². The maximum Gasteiger partial charge on any atom is 0.251 e. The van der Waals surface area contributed by atoms with Gasteiger partial charge in [-0.25, -0.2) is 4.98 Å². The Morgan fingerprint density at radius 1 is 1.10 bits per heavy atom. The van der Waals surface area contributed by atoms with Crippen LogP contribution in [0.25, 0.3) is 17.3 Å². The number of nitrogens with one attached hydrogen (secondary N) is 2. The zero-order valence-electron chi connectivity index (χ0n) is 16.4. The Bertz CT molecular complexity index is 1070. The molecule has 1 fully saturated rings. The van der Waals surface area contributed by atoms with Crippen LogP contribution in [0.1, 0.15) is 28.8 Å². The molecule has 3 aromatic rings. The van der Waals surface area contributed by atoms with Gasteiger partial charge in [-0.1, -0.05) is 12.1 Å². The molecule has 2 N–H and O–H groups in total. The lowest BCUT2D eigenvalue weighted by atomic mass is 10.1. The van der Waals surface area contributed by atoms with Crippen LogP contribution >= 0.6 is 11.3 Å². The third-order valence-electron chi connectivity index (χ3n) is 4.63. The number of hydrogen-bond donors (Lipinski definition) is 2. The van der Waals surface area contributed by atoms with Crippen molar-refractivity contribution in [1.82, 2.24) is 10.3 Å². The van der Waals surface area contributed by atoms with Crippen LogP contribution in [0.5, 0.6) is 5.75 Å². The summed E-state index contributed by atoms with van der Waals surface area (Å²) in [5, 5.41) is 8.15. The summed E-state index contributed by atoms with van der Waals surface area (Å²) < 4.78 is 5.16. The number of rotatable bonds is 7. The zero-order chi connectivity index (χ0) is 20.9. The van der Waals surface area contributed by atoms with Crippen molar-refractivity contribution >= 4 is 34.4 Å². The van der Waals surface area contributed by atoms with E-state index in [0.717, 1.165) is 35.4 Å². The Kier molecular flexibility index (Phi) is 5.90. The summed E-state index contributed by atoms with van der Waals surface area (Å²) in [5.41, 5.74) is 3.21. The fraction of sp³-hybridized carbons (Fsp3) is 0.174. The molecule has 1 saturated carbocycles. The second-order valence-electron chi connectivity index (χ2n) is 6.96. The third kappa shape index (κ3) is 5.12. The second kappa shape index (κ2) is 8.92. The highest BCUT2D eigenvalue weighted by molar-refractivity contribution is 7.14. The number of carbonyl (C=O) groups excluding carboxylic acids is 2. The SMILES string of the molecule is COc1ccc(-c2csc(NC(=O)/C=C/c3ccc(C(=O)NC4CC4)cc3)n2)cc1. The van der Waals surface area contributed by atoms with Gasteiger partial charge in [-0.15, -0.1) is 11.3 Å². The number of amides is 2. The van der Waals surface area contributed by atoms with Gasteiger partial charge in [0.05, 0.1) is 12.8 Å². The van der Waals surface area contributed by atoms with Crippen molar-refractivity contribution in [2.75, 3.05) is 12.4 Å². The molecule has 2 amide bonds. The van der Waals surface area contributed by atoms with Crippen molar-refractivity contribution in [3.05, 3.63) is 71.1 Å². The summed E-state index contributed by atoms with van der Waals surface area (Å²) in [6.07, 6.45) is 5.27. The molecule has 152 valence electrons. The number of thiazole rings is 1. The van der Waals surface area contributed by atoms with Crippen molar-refractivity contribution in [2.45, 2.75) is 18.9 Å². The molecule has 0 saturated heterocycles. The molecule has 2 aromatic carbocycles. The first-order chi connectivity index (χ1) is 14.6. The van der Waals surface area contributed by atoms with Crippen LogP contribution in [0.3, 0.4) is 0 Å². The van der Waals surface area contributed by atoms with Gasteiger partial charge in [-0.2, -0.15) is 0 Å². The molecule has 1 aromatic heterocycles. The fourth-order valence-corrected chi connectivity index (χ4v) is 3.51. The van der Waals surface area contributed by atoms with E-state index in [-0.39, 0.29) is 11.8 Å². The minimum absolute atomic E-state index is 0.0535. The largest absolute Gasteiger partial charge is 0.497 e. The highest BCUT2D eigenvalue weighted by Gasteiger charge is 2.23. The molecule has 1 heterocycles. The molecule has 0 spiro atoms. The monoisotopic (exact) mass is 419 g/mol. The van der Waals surface area contributed by atoms with E-state index in [0.29, 0.717) is 16.7 Å². The van der Waals surface area contributed by atoms with Crippen LogP contribution in [0.4, 0.5) is 5.13 Å². The van der Waals surface area contributed by atoms with Crippen molar-refractivity contribution in [3.63, 3.8) is 0 Å². The van der Waals surface area contributed by atoms with E-state index in [1.165, 1.54) is 17.4 Å². The topological polar surface area (TPSA) is 80.3 Å². The van der Waals surface area contributed by atoms with Gasteiger partial charge in [0, 0.05) is 28.6 Å². The van der Waals surface area contributed by atoms with Crippen LogP contribution in [0.15, 0.2) is 60.0 Å². The predicted octanol–water partition coefficient (Wildman–Crippen LogP) is 4.36. The van der Waals surface area contributed by atoms with Gasteiger partial charge in [-0.05, 0) is 60.9 Å². The Balaban J connectivity index is 1.33. The lowest BCUT2D eigenvalue weighted by Gasteiger charge is -2.03. The summed E-state index contributed by atoms with van der Waals surface area (Å²) >= 11 is 1.37. The van der Waals surface area contributed by atoms with Gasteiger partial charge in [0.15, 0.2) is 5.13 Å². The van der Waals surface area contributed by atoms with Crippen molar-refractivity contribution in [1.29, 1.82) is 0 Å². The lowest BCUT2D eigenvalue weighted by molar-refractivity contribution is -0.111. The molecule has 0 atom stereocenters. The van der Waals surface area contributed by atoms with E-state index >= 15 is 0 Å². The first-order valence-electron chi connectivity index (χ1n) is 9.60. The minimum atomic E-state index is -0.263. The molecule has 1 aliphatic carbocycles. The van der Waals surface area contributed by atoms with E-state index in [1.54, 1.807) is 25.3 Å². The number of methoxy groups -OCH3 is 1. The van der Waals surface area contributed by atoms with Gasteiger partial charge >= 0.3 is 0 Å². The fourth-order valence-electron chi connectivity index (χ4n) is 2.79. The average molecular weight is 420 g/mol. The molecule has 6 nitrogen and oxygen atoms in total. The maximum atomic E-state index is 12.2. The van der Waals surface area contributed by atoms with E-state index in [9.17, 15) is 9.59 Å². The van der Waals surface area contributed by atoms with Gasteiger partial charge in [0.2, 0.25) is 5.91 Å². The van der Waals surface area contributed by atoms with E-state index in [4.69, 9.17) is 4.74 Å². The normalized spacial score (nSPS) is 13.2. The first-order valence-corrected chi connectivity index (χ1v) is 10.5. The average Bonchev–Trinajstić information content (AvgIpc) is 3.47. The van der Waals surface area contributed by atoms with E-state index in [2.05, 4.69) is 15.6 Å². The summed E-state index contributed by atoms with van der Waals surface area (Å²) in [6.45, 7) is 0. The summed E-state index contributed by atoms with van der Waals surface area (Å²) in [7, 11) is 1.62. The smallest absolute Gasteiger partial charge is 0.251 e. The highest BCUT2D eigenvalue weighted by atomic mass is 32.1. The molecule has 1 aliphatic rings. The molecule has 7 heteroatoms. The van der Waals surface area contributed by atoms with Crippen molar-refractivity contribution in [3.8, 4) is 17.0 Å². The van der Waals surface area contributed by atoms with Crippen LogP contribution in [0.2, 0.25) is 0 Å². The van der Waals surface area contributed by atoms with Crippen LogP contribution in [0, 0.1) is 0 Å². The Morgan fingerprint density at radius 2 is 1.83 bits per heavy atom. The minimum Gasteiger partial charge on any atom is -0.497 e. The predicted molar refractivity (Wildman–Crippen MR) is 119 cm³/mol. The lowest BCUT2D eigenvalue weighted by Crippen LogP contribution is -2.25. The number of anilines is 1. The van der Waals surface area contributed by atoms with Crippen LogP contribution < -0.4 is 15.4 Å². The highest BCUT2D eigenvalue weighted by Crippen LogP contribution is 2.26. The van der Waals surface area contributed by atoms with E-state index < -0.39 is 0 Å². The zero-order valence-corrected chi connectivity index (χ0v) is 17.2. The first kappa shape index (κ1) is 19.8. The molecule has 4 rings (SSSR count). The van der Waals surface area contributed by atoms with Gasteiger partial charge < -0.3 is 10.1 Å². The maximum absolute atomic E-state index is 12.2. The van der Waals surface area contributed by atoms with Gasteiger partial charge in [0.1, 0.15) is 5.75 Å². The van der Waals surface area contributed by atoms with Gasteiger partial charge in [-0.3, -0.25) is 14.9 Å². The molecular formula is C23H21N3O3S. The summed E-state index contributed by atoms with van der Waals surface area (Å²) in [4.78, 5) is 28.7. The Labute approximate surface area is 178 Å². The number of carbonyl (C=O) groups is 2. The molecule has 0 unspecified atom stereocenters. The molecule has 0 radical (unpaired) electrons. The Hall–Kier alpha value is -3.45. The summed E-state index contributed by atoms with van der Waals surface area (Å²) in [6, 6.07) is 15.1. The van der Waals surface area contributed by atoms with Gasteiger partial charge in [0.25, 0.3) is 5.91 Å². The number of hydrogen-bond acceptors (Lipinski definition) is 5. The van der Waals surface area contributed by atoms with Crippen LogP contribution in [-0.2, 0) is 4.79 Å². The number of benzene rings is 2.